The van der Waals surface area contributed by atoms with E-state index in [0.717, 1.165) is 22.7 Å². The van der Waals surface area contributed by atoms with Gasteiger partial charge in [0.2, 0.25) is 0 Å². The van der Waals surface area contributed by atoms with E-state index in [1.807, 2.05) is 26.0 Å². The zero-order valence-electron chi connectivity index (χ0n) is 10.8. The van der Waals surface area contributed by atoms with Gasteiger partial charge in [-0.1, -0.05) is 0 Å². The molecule has 94 valence electrons. The van der Waals surface area contributed by atoms with Crippen molar-refractivity contribution in [2.75, 3.05) is 6.54 Å². The quantitative estimate of drug-likeness (QED) is 0.630. The molecule has 0 bridgehead atoms. The highest BCUT2D eigenvalue weighted by Gasteiger charge is 2.23. The summed E-state index contributed by atoms with van der Waals surface area (Å²) in [6, 6.07) is 4.10. The van der Waals surface area contributed by atoms with E-state index in [9.17, 15) is 5.21 Å². The molecule has 3 nitrogen and oxygen atoms in total. The van der Waals surface area contributed by atoms with E-state index in [1.165, 1.54) is 31.2 Å². The van der Waals surface area contributed by atoms with E-state index < -0.39 is 0 Å². The predicted molar refractivity (Wildman–Crippen MR) is 68.6 cm³/mol. The second-order valence-electron chi connectivity index (χ2n) is 5.32. The number of hydrogen-bond donors (Lipinski definition) is 1. The number of nitrogens with zero attached hydrogens (tertiary/aromatic N) is 1. The minimum Gasteiger partial charge on any atom is -0.618 e. The molecular weight excluding hydrogens is 212 g/mol. The Morgan fingerprint density at radius 1 is 1.18 bits per heavy atom. The molecule has 0 aliphatic heterocycles. The molecule has 1 aliphatic rings. The minimum atomic E-state index is 0.622. The molecule has 2 rings (SSSR count). The van der Waals surface area contributed by atoms with Crippen LogP contribution in [-0.4, -0.2) is 6.54 Å². The van der Waals surface area contributed by atoms with E-state index in [4.69, 9.17) is 5.73 Å². The van der Waals surface area contributed by atoms with Crippen molar-refractivity contribution in [2.45, 2.75) is 45.4 Å². The number of aromatic nitrogens is 1. The van der Waals surface area contributed by atoms with Gasteiger partial charge in [0.05, 0.1) is 0 Å². The molecule has 0 spiro atoms. The molecule has 17 heavy (non-hydrogen) atoms. The Labute approximate surface area is 103 Å². The van der Waals surface area contributed by atoms with Gasteiger partial charge in [0.15, 0.2) is 11.4 Å². The fraction of sp³-hybridized carbons (Fsp3) is 0.643. The van der Waals surface area contributed by atoms with E-state index in [0.29, 0.717) is 11.8 Å². The van der Waals surface area contributed by atoms with Crippen molar-refractivity contribution in [3.8, 4) is 0 Å². The SMILES string of the molecule is Cc1cc(C2CCC(CN)CC2)cc(C)[n+]1[O-]. The molecule has 1 heterocycles. The van der Waals surface area contributed by atoms with E-state index in [-0.39, 0.29) is 0 Å². The van der Waals surface area contributed by atoms with Gasteiger partial charge in [-0.15, -0.1) is 0 Å². The molecule has 1 fully saturated rings. The van der Waals surface area contributed by atoms with Gasteiger partial charge in [-0.25, -0.2) is 0 Å². The summed E-state index contributed by atoms with van der Waals surface area (Å²) < 4.78 is 1.01. The average Bonchev–Trinajstić information content (AvgIpc) is 2.35. The van der Waals surface area contributed by atoms with Gasteiger partial charge in [-0.2, -0.15) is 4.73 Å². The van der Waals surface area contributed by atoms with Crippen molar-refractivity contribution in [3.63, 3.8) is 0 Å². The Balaban J connectivity index is 2.13. The molecule has 1 aromatic heterocycles. The van der Waals surface area contributed by atoms with Crippen molar-refractivity contribution in [1.29, 1.82) is 0 Å². The van der Waals surface area contributed by atoms with Gasteiger partial charge >= 0.3 is 0 Å². The topological polar surface area (TPSA) is 53.0 Å². The predicted octanol–water partition coefficient (Wildman–Crippen LogP) is 2.17. The van der Waals surface area contributed by atoms with Gasteiger partial charge < -0.3 is 10.9 Å². The van der Waals surface area contributed by atoms with Crippen LogP contribution in [0.5, 0.6) is 0 Å². The van der Waals surface area contributed by atoms with Gasteiger partial charge in [-0.05, 0) is 49.6 Å². The fourth-order valence-electron chi connectivity index (χ4n) is 2.89. The van der Waals surface area contributed by atoms with Gasteiger partial charge in [0.1, 0.15) is 0 Å². The third-order valence-corrected chi connectivity index (χ3v) is 4.04. The maximum atomic E-state index is 11.6. The zero-order chi connectivity index (χ0) is 12.4. The lowest BCUT2D eigenvalue weighted by atomic mass is 9.78. The lowest BCUT2D eigenvalue weighted by Crippen LogP contribution is -2.34. The molecule has 2 N–H and O–H groups in total. The Kier molecular flexibility index (Phi) is 3.67. The van der Waals surface area contributed by atoms with E-state index in [2.05, 4.69) is 0 Å². The summed E-state index contributed by atoms with van der Waals surface area (Å²) in [6.45, 7) is 4.59. The highest BCUT2D eigenvalue weighted by Crippen LogP contribution is 2.35. The smallest absolute Gasteiger partial charge is 0.190 e. The largest absolute Gasteiger partial charge is 0.618 e. The lowest BCUT2D eigenvalue weighted by molar-refractivity contribution is -0.619. The van der Waals surface area contributed by atoms with Gasteiger partial charge in [0, 0.05) is 26.0 Å². The van der Waals surface area contributed by atoms with E-state index in [1.54, 1.807) is 0 Å². The van der Waals surface area contributed by atoms with Crippen molar-refractivity contribution < 1.29 is 4.73 Å². The first-order chi connectivity index (χ1) is 8.11. The highest BCUT2D eigenvalue weighted by molar-refractivity contribution is 5.21. The van der Waals surface area contributed by atoms with Crippen molar-refractivity contribution in [1.82, 2.24) is 0 Å². The Morgan fingerprint density at radius 2 is 1.71 bits per heavy atom. The molecule has 3 heteroatoms. The molecule has 0 atom stereocenters. The van der Waals surface area contributed by atoms with Crippen LogP contribution in [0.4, 0.5) is 0 Å². The Bertz CT molecular complexity index is 372. The Hall–Kier alpha value is -1.09. The number of aryl methyl sites for hydroxylation is 2. The summed E-state index contributed by atoms with van der Waals surface area (Å²) in [5.74, 6) is 1.33. The fourth-order valence-corrected chi connectivity index (χ4v) is 2.89. The second-order valence-corrected chi connectivity index (χ2v) is 5.32. The summed E-state index contributed by atoms with van der Waals surface area (Å²) in [7, 11) is 0. The summed E-state index contributed by atoms with van der Waals surface area (Å²) in [6.07, 6.45) is 4.88. The molecule has 0 unspecified atom stereocenters. The maximum absolute atomic E-state index is 11.6. The minimum absolute atomic E-state index is 0.622. The van der Waals surface area contributed by atoms with Crippen LogP contribution in [0.15, 0.2) is 12.1 Å². The van der Waals surface area contributed by atoms with Crippen LogP contribution in [0.3, 0.4) is 0 Å². The van der Waals surface area contributed by atoms with Crippen LogP contribution in [0, 0.1) is 25.0 Å². The molecule has 0 saturated heterocycles. The van der Waals surface area contributed by atoms with Crippen LogP contribution in [0.1, 0.15) is 48.6 Å². The number of pyridine rings is 1. The number of hydrogen-bond acceptors (Lipinski definition) is 2. The maximum Gasteiger partial charge on any atom is 0.190 e. The molecule has 1 aliphatic carbocycles. The van der Waals surface area contributed by atoms with E-state index >= 15 is 0 Å². The zero-order valence-corrected chi connectivity index (χ0v) is 10.8. The van der Waals surface area contributed by atoms with Crippen LogP contribution in [0.25, 0.3) is 0 Å². The third kappa shape index (κ3) is 2.60. The summed E-state index contributed by atoms with van der Waals surface area (Å²) in [5, 5.41) is 11.6. The van der Waals surface area contributed by atoms with Gasteiger partial charge in [-0.3, -0.25) is 0 Å². The van der Waals surface area contributed by atoms with Crippen LogP contribution >= 0.6 is 0 Å². The molecule has 0 amide bonds. The van der Waals surface area contributed by atoms with Crippen LogP contribution < -0.4 is 10.5 Å². The lowest BCUT2D eigenvalue weighted by Gasteiger charge is -2.28. The molecule has 0 aromatic carbocycles. The number of rotatable bonds is 2. The van der Waals surface area contributed by atoms with Crippen molar-refractivity contribution in [3.05, 3.63) is 34.3 Å². The average molecular weight is 234 g/mol. The summed E-state index contributed by atoms with van der Waals surface area (Å²) in [4.78, 5) is 0. The first-order valence-corrected chi connectivity index (χ1v) is 6.52. The first-order valence-electron chi connectivity index (χ1n) is 6.52. The van der Waals surface area contributed by atoms with Crippen LogP contribution in [-0.2, 0) is 0 Å². The molecule has 0 radical (unpaired) electrons. The van der Waals surface area contributed by atoms with Gasteiger partial charge in [0.25, 0.3) is 0 Å². The molecule has 1 aromatic rings. The van der Waals surface area contributed by atoms with Crippen molar-refractivity contribution in [2.24, 2.45) is 11.7 Å². The third-order valence-electron chi connectivity index (χ3n) is 4.04. The summed E-state index contributed by atoms with van der Waals surface area (Å²) >= 11 is 0. The summed E-state index contributed by atoms with van der Waals surface area (Å²) in [5.41, 5.74) is 8.66. The molecule has 1 saturated carbocycles. The first kappa shape index (κ1) is 12.4. The second kappa shape index (κ2) is 5.05. The molecular formula is C14H22N2O. The number of nitrogens with two attached hydrogens (primary N) is 1. The normalized spacial score (nSPS) is 24.9. The highest BCUT2D eigenvalue weighted by atomic mass is 16.5. The van der Waals surface area contributed by atoms with Crippen LogP contribution in [0.2, 0.25) is 0 Å². The Morgan fingerprint density at radius 3 is 2.18 bits per heavy atom. The monoisotopic (exact) mass is 234 g/mol. The van der Waals surface area contributed by atoms with Crippen molar-refractivity contribution >= 4 is 0 Å². The standard InChI is InChI=1S/C14H22N2O/c1-10-7-14(8-11(2)16(10)17)13-5-3-12(9-15)4-6-13/h7-8,12-13H,3-6,9,15H2,1-2H3.